The van der Waals surface area contributed by atoms with Crippen LogP contribution < -0.4 is 0 Å². The molecule has 0 bridgehead atoms. The fraction of sp³-hybridized carbons (Fsp3) is 0.111. The van der Waals surface area contributed by atoms with Gasteiger partial charge in [0.15, 0.2) is 0 Å². The Morgan fingerprint density at radius 1 is 0.789 bits per heavy atom. The van der Waals surface area contributed by atoms with Crippen LogP contribution in [0.3, 0.4) is 0 Å². The fourth-order valence-corrected chi connectivity index (χ4v) is 2.83. The monoisotopic (exact) mass is 246 g/mol. The van der Waals surface area contributed by atoms with Crippen LogP contribution in [0.25, 0.3) is 10.8 Å². The Balaban J connectivity index is 1.83. The molecule has 0 saturated heterocycles. The van der Waals surface area contributed by atoms with Crippen LogP contribution in [0.4, 0.5) is 0 Å². The number of benzene rings is 3. The molecule has 3 aromatic rings. The first-order valence-corrected chi connectivity index (χ1v) is 6.60. The van der Waals surface area contributed by atoms with Gasteiger partial charge in [-0.25, -0.2) is 0 Å². The lowest BCUT2D eigenvalue weighted by atomic mass is 9.97. The highest BCUT2D eigenvalue weighted by molar-refractivity contribution is 5.83. The summed E-state index contributed by atoms with van der Waals surface area (Å²) in [4.78, 5) is 0. The molecule has 0 aliphatic carbocycles. The predicted octanol–water partition coefficient (Wildman–Crippen LogP) is 4.46. The van der Waals surface area contributed by atoms with Crippen LogP contribution in [0.5, 0.6) is 0 Å². The van der Waals surface area contributed by atoms with Crippen LogP contribution in [-0.2, 0) is 11.3 Å². The lowest BCUT2D eigenvalue weighted by Crippen LogP contribution is -1.98. The van der Waals surface area contributed by atoms with E-state index in [0.717, 1.165) is 0 Å². The normalized spacial score (nSPS) is 17.6. The van der Waals surface area contributed by atoms with E-state index in [1.807, 2.05) is 0 Å². The first kappa shape index (κ1) is 10.8. The van der Waals surface area contributed by atoms with Gasteiger partial charge in [-0.2, -0.15) is 0 Å². The van der Waals surface area contributed by atoms with Crippen LogP contribution in [-0.4, -0.2) is 0 Å². The Bertz CT molecular complexity index is 745. The summed E-state index contributed by atoms with van der Waals surface area (Å²) < 4.78 is 5.96. The van der Waals surface area contributed by atoms with E-state index in [-0.39, 0.29) is 6.10 Å². The van der Waals surface area contributed by atoms with Gasteiger partial charge in [0.05, 0.1) is 6.61 Å². The summed E-state index contributed by atoms with van der Waals surface area (Å²) in [7, 11) is 0. The Morgan fingerprint density at radius 3 is 2.53 bits per heavy atom. The summed E-state index contributed by atoms with van der Waals surface area (Å²) >= 11 is 0. The summed E-state index contributed by atoms with van der Waals surface area (Å²) in [5.74, 6) is 0. The molecule has 4 rings (SSSR count). The predicted molar refractivity (Wildman–Crippen MR) is 77.0 cm³/mol. The van der Waals surface area contributed by atoms with Crippen molar-refractivity contribution in [3.8, 4) is 0 Å². The third-order valence-electron chi connectivity index (χ3n) is 3.82. The molecule has 0 radical (unpaired) electrons. The molecule has 0 N–H and O–H groups in total. The third-order valence-corrected chi connectivity index (χ3v) is 3.82. The van der Waals surface area contributed by atoms with Gasteiger partial charge in [-0.1, -0.05) is 60.7 Å². The lowest BCUT2D eigenvalue weighted by molar-refractivity contribution is 0.0940. The molecule has 0 saturated carbocycles. The zero-order valence-electron chi connectivity index (χ0n) is 10.5. The molecule has 1 aliphatic heterocycles. The number of rotatable bonds is 1. The number of hydrogen-bond acceptors (Lipinski definition) is 1. The molecule has 19 heavy (non-hydrogen) atoms. The summed E-state index contributed by atoms with van der Waals surface area (Å²) in [6, 6.07) is 23.5. The first-order chi connectivity index (χ1) is 9.42. The first-order valence-electron chi connectivity index (χ1n) is 6.60. The average molecular weight is 246 g/mol. The molecule has 0 fully saturated rings. The van der Waals surface area contributed by atoms with Crippen LogP contribution >= 0.6 is 0 Å². The van der Waals surface area contributed by atoms with Gasteiger partial charge in [0.25, 0.3) is 0 Å². The molecular weight excluding hydrogens is 232 g/mol. The van der Waals surface area contributed by atoms with Crippen molar-refractivity contribution in [3.63, 3.8) is 0 Å². The van der Waals surface area contributed by atoms with Crippen molar-refractivity contribution >= 4 is 10.8 Å². The molecule has 92 valence electrons. The molecule has 1 heterocycles. The maximum absolute atomic E-state index is 5.96. The highest BCUT2D eigenvalue weighted by Gasteiger charge is 2.24. The summed E-state index contributed by atoms with van der Waals surface area (Å²) in [5.41, 5.74) is 3.85. The number of hydrogen-bond donors (Lipinski definition) is 0. The van der Waals surface area contributed by atoms with Crippen LogP contribution in [0.1, 0.15) is 22.8 Å². The highest BCUT2D eigenvalue weighted by atomic mass is 16.5. The van der Waals surface area contributed by atoms with Crippen LogP contribution in [0.15, 0.2) is 66.7 Å². The van der Waals surface area contributed by atoms with Crippen molar-refractivity contribution in [1.82, 2.24) is 0 Å². The number of fused-ring (bicyclic) bond motifs is 2. The SMILES string of the molecule is c1ccc2c(c1)COC2c1ccc2ccccc2c1. The Kier molecular flexibility index (Phi) is 2.39. The molecule has 1 nitrogen and oxygen atoms in total. The average Bonchev–Trinajstić information content (AvgIpc) is 2.91. The standard InChI is InChI=1S/C18H14O/c1-2-6-14-11-15(10-9-13(14)5-1)18-17-8-4-3-7-16(17)12-19-18/h1-11,18H,12H2. The molecule has 1 atom stereocenters. The van der Waals surface area contributed by atoms with E-state index < -0.39 is 0 Å². The van der Waals surface area contributed by atoms with Crippen LogP contribution in [0.2, 0.25) is 0 Å². The molecule has 1 heteroatoms. The highest BCUT2D eigenvalue weighted by Crippen LogP contribution is 2.36. The van der Waals surface area contributed by atoms with Gasteiger partial charge in [-0.15, -0.1) is 0 Å². The largest absolute Gasteiger partial charge is 0.364 e. The van der Waals surface area contributed by atoms with Crippen molar-refractivity contribution < 1.29 is 4.74 Å². The second-order valence-corrected chi connectivity index (χ2v) is 5.00. The molecular formula is C18H14O. The minimum atomic E-state index is 0.0841. The van der Waals surface area contributed by atoms with Crippen molar-refractivity contribution in [2.75, 3.05) is 0 Å². The van der Waals surface area contributed by atoms with Crippen molar-refractivity contribution in [2.24, 2.45) is 0 Å². The van der Waals surface area contributed by atoms with Gasteiger partial charge in [-0.3, -0.25) is 0 Å². The quantitative estimate of drug-likeness (QED) is 0.616. The second-order valence-electron chi connectivity index (χ2n) is 5.00. The maximum atomic E-state index is 5.96. The van der Waals surface area contributed by atoms with E-state index in [4.69, 9.17) is 4.74 Å². The molecule has 0 spiro atoms. The van der Waals surface area contributed by atoms with E-state index in [9.17, 15) is 0 Å². The van der Waals surface area contributed by atoms with Gasteiger partial charge in [0, 0.05) is 0 Å². The fourth-order valence-electron chi connectivity index (χ4n) is 2.83. The van der Waals surface area contributed by atoms with Crippen molar-refractivity contribution in [1.29, 1.82) is 0 Å². The smallest absolute Gasteiger partial charge is 0.108 e. The minimum Gasteiger partial charge on any atom is -0.364 e. The van der Waals surface area contributed by atoms with Gasteiger partial charge in [-0.05, 0) is 33.5 Å². The van der Waals surface area contributed by atoms with Gasteiger partial charge in [0.2, 0.25) is 0 Å². The Labute approximate surface area is 112 Å². The summed E-state index contributed by atoms with van der Waals surface area (Å²) in [5, 5.41) is 2.55. The van der Waals surface area contributed by atoms with E-state index >= 15 is 0 Å². The lowest BCUT2D eigenvalue weighted by Gasteiger charge is -2.12. The van der Waals surface area contributed by atoms with Gasteiger partial charge in [0.1, 0.15) is 6.10 Å². The van der Waals surface area contributed by atoms with E-state index in [1.165, 1.54) is 27.5 Å². The second kappa shape index (κ2) is 4.22. The summed E-state index contributed by atoms with van der Waals surface area (Å²) in [6.07, 6.45) is 0.0841. The zero-order valence-corrected chi connectivity index (χ0v) is 10.5. The van der Waals surface area contributed by atoms with E-state index in [1.54, 1.807) is 0 Å². The third kappa shape index (κ3) is 1.74. The van der Waals surface area contributed by atoms with Gasteiger partial charge < -0.3 is 4.74 Å². The Morgan fingerprint density at radius 2 is 1.58 bits per heavy atom. The topological polar surface area (TPSA) is 9.23 Å². The Hall–Kier alpha value is -2.12. The van der Waals surface area contributed by atoms with E-state index in [0.29, 0.717) is 6.61 Å². The molecule has 3 aromatic carbocycles. The molecule has 0 aromatic heterocycles. The van der Waals surface area contributed by atoms with Crippen molar-refractivity contribution in [2.45, 2.75) is 12.7 Å². The van der Waals surface area contributed by atoms with E-state index in [2.05, 4.69) is 66.7 Å². The minimum absolute atomic E-state index is 0.0841. The molecule has 1 aliphatic rings. The maximum Gasteiger partial charge on any atom is 0.108 e. The zero-order chi connectivity index (χ0) is 12.7. The van der Waals surface area contributed by atoms with Crippen LogP contribution in [0, 0.1) is 0 Å². The molecule has 1 unspecified atom stereocenters. The molecule has 0 amide bonds. The van der Waals surface area contributed by atoms with Gasteiger partial charge >= 0.3 is 0 Å². The summed E-state index contributed by atoms with van der Waals surface area (Å²) in [6.45, 7) is 0.716. The number of ether oxygens (including phenoxy) is 1. The van der Waals surface area contributed by atoms with Crippen molar-refractivity contribution in [3.05, 3.63) is 83.4 Å².